The van der Waals surface area contributed by atoms with E-state index in [9.17, 15) is 4.79 Å². The molecule has 1 unspecified atom stereocenters. The van der Waals surface area contributed by atoms with Crippen molar-refractivity contribution in [3.63, 3.8) is 0 Å². The number of hydrogen-bond donors (Lipinski definition) is 2. The van der Waals surface area contributed by atoms with Gasteiger partial charge >= 0.3 is 0 Å². The number of anilines is 1. The van der Waals surface area contributed by atoms with E-state index in [1.165, 1.54) is 0 Å². The van der Waals surface area contributed by atoms with Crippen LogP contribution in [0.15, 0.2) is 47.1 Å². The molecule has 1 aromatic carbocycles. The molecule has 1 aromatic heterocycles. The van der Waals surface area contributed by atoms with Gasteiger partial charge in [0.25, 0.3) is 0 Å². The maximum Gasteiger partial charge on any atom is 0.221 e. The summed E-state index contributed by atoms with van der Waals surface area (Å²) in [6, 6.07) is 11.4. The molecule has 0 aliphatic heterocycles. The van der Waals surface area contributed by atoms with Gasteiger partial charge in [0, 0.05) is 5.69 Å². The Morgan fingerprint density at radius 2 is 2.11 bits per heavy atom. The summed E-state index contributed by atoms with van der Waals surface area (Å²) >= 11 is 0. The van der Waals surface area contributed by atoms with Crippen LogP contribution in [0.3, 0.4) is 0 Å². The highest BCUT2D eigenvalue weighted by Crippen LogP contribution is 2.22. The number of furan rings is 1. The van der Waals surface area contributed by atoms with E-state index in [0.717, 1.165) is 17.0 Å². The quantitative estimate of drug-likeness (QED) is 0.849. The maximum atomic E-state index is 11.0. The molecule has 0 saturated heterocycles. The molecule has 3 N–H and O–H groups in total. The average molecular weight is 244 g/mol. The van der Waals surface area contributed by atoms with Gasteiger partial charge in [-0.3, -0.25) is 4.79 Å². The number of amides is 1. The normalized spacial score (nSPS) is 12.1. The van der Waals surface area contributed by atoms with Crippen LogP contribution in [0.2, 0.25) is 0 Å². The molecular weight excluding hydrogens is 228 g/mol. The molecule has 0 aliphatic carbocycles. The minimum atomic E-state index is -0.338. The van der Waals surface area contributed by atoms with E-state index in [2.05, 4.69) is 5.32 Å². The summed E-state index contributed by atoms with van der Waals surface area (Å²) in [5, 5.41) is 3.32. The first kappa shape index (κ1) is 12.2. The van der Waals surface area contributed by atoms with Gasteiger partial charge in [-0.25, -0.2) is 0 Å². The highest BCUT2D eigenvalue weighted by Gasteiger charge is 2.11. The molecule has 0 aliphatic rings. The topological polar surface area (TPSA) is 68.3 Å². The van der Waals surface area contributed by atoms with Crippen molar-refractivity contribution in [1.82, 2.24) is 0 Å². The average Bonchev–Trinajstić information content (AvgIpc) is 2.84. The van der Waals surface area contributed by atoms with E-state index in [-0.39, 0.29) is 18.4 Å². The third-order valence-electron chi connectivity index (χ3n) is 2.72. The Kier molecular flexibility index (Phi) is 3.67. The molecule has 1 amide bonds. The third kappa shape index (κ3) is 2.91. The second-order valence-electron chi connectivity index (χ2n) is 4.18. The fourth-order valence-corrected chi connectivity index (χ4v) is 1.85. The zero-order valence-corrected chi connectivity index (χ0v) is 10.2. The summed E-state index contributed by atoms with van der Waals surface area (Å²) in [5.41, 5.74) is 7.03. The first-order valence-corrected chi connectivity index (χ1v) is 5.83. The number of hydrogen-bond acceptors (Lipinski definition) is 3. The zero-order chi connectivity index (χ0) is 13.0. The smallest absolute Gasteiger partial charge is 0.221 e. The van der Waals surface area contributed by atoms with Gasteiger partial charge in [0.1, 0.15) is 5.76 Å². The van der Waals surface area contributed by atoms with Crippen molar-refractivity contribution < 1.29 is 9.21 Å². The molecule has 94 valence electrons. The van der Waals surface area contributed by atoms with Gasteiger partial charge in [0.05, 0.1) is 18.7 Å². The lowest BCUT2D eigenvalue weighted by Crippen LogP contribution is -2.15. The van der Waals surface area contributed by atoms with Crippen molar-refractivity contribution in [2.75, 3.05) is 5.32 Å². The minimum Gasteiger partial charge on any atom is -0.467 e. The van der Waals surface area contributed by atoms with Gasteiger partial charge in [-0.15, -0.1) is 0 Å². The fourth-order valence-electron chi connectivity index (χ4n) is 1.85. The lowest BCUT2D eigenvalue weighted by atomic mass is 10.1. The van der Waals surface area contributed by atoms with E-state index < -0.39 is 0 Å². The van der Waals surface area contributed by atoms with Gasteiger partial charge in [0.15, 0.2) is 0 Å². The Bertz CT molecular complexity index is 520. The summed E-state index contributed by atoms with van der Waals surface area (Å²) in [6.45, 7) is 2.00. The largest absolute Gasteiger partial charge is 0.467 e. The molecule has 4 heteroatoms. The number of nitrogens with one attached hydrogen (secondary N) is 1. The molecule has 0 bridgehead atoms. The van der Waals surface area contributed by atoms with Crippen molar-refractivity contribution in [2.24, 2.45) is 5.73 Å². The molecule has 18 heavy (non-hydrogen) atoms. The summed E-state index contributed by atoms with van der Waals surface area (Å²) in [7, 11) is 0. The molecule has 0 radical (unpaired) electrons. The molecule has 0 saturated carbocycles. The van der Waals surface area contributed by atoms with Crippen LogP contribution in [-0.2, 0) is 11.2 Å². The monoisotopic (exact) mass is 244 g/mol. The highest BCUT2D eigenvalue weighted by atomic mass is 16.3. The van der Waals surface area contributed by atoms with Crippen LogP contribution in [0.1, 0.15) is 24.3 Å². The van der Waals surface area contributed by atoms with Crippen LogP contribution in [-0.4, -0.2) is 5.91 Å². The van der Waals surface area contributed by atoms with E-state index in [1.807, 2.05) is 43.3 Å². The summed E-state index contributed by atoms with van der Waals surface area (Å²) < 4.78 is 5.33. The van der Waals surface area contributed by atoms with Gasteiger partial charge in [-0.2, -0.15) is 0 Å². The van der Waals surface area contributed by atoms with Crippen LogP contribution >= 0.6 is 0 Å². The maximum absolute atomic E-state index is 11.0. The number of para-hydroxylation sites is 1. The molecule has 0 fully saturated rings. The zero-order valence-electron chi connectivity index (χ0n) is 10.2. The van der Waals surface area contributed by atoms with Crippen molar-refractivity contribution in [3.05, 3.63) is 54.0 Å². The molecule has 1 heterocycles. The number of rotatable bonds is 5. The Hall–Kier alpha value is -2.23. The second kappa shape index (κ2) is 5.40. The lowest BCUT2D eigenvalue weighted by molar-refractivity contribution is -0.117. The highest BCUT2D eigenvalue weighted by molar-refractivity contribution is 5.78. The molecule has 2 aromatic rings. The summed E-state index contributed by atoms with van der Waals surface area (Å²) in [4.78, 5) is 11.0. The van der Waals surface area contributed by atoms with Crippen molar-refractivity contribution in [1.29, 1.82) is 0 Å². The molecule has 0 spiro atoms. The molecule has 2 rings (SSSR count). The van der Waals surface area contributed by atoms with Gasteiger partial charge in [-0.05, 0) is 30.7 Å². The van der Waals surface area contributed by atoms with E-state index in [1.54, 1.807) is 6.26 Å². The molecule has 4 nitrogen and oxygen atoms in total. The van der Waals surface area contributed by atoms with Gasteiger partial charge in [0.2, 0.25) is 5.91 Å². The predicted octanol–water partition coefficient (Wildman–Crippen LogP) is 2.48. The van der Waals surface area contributed by atoms with E-state index >= 15 is 0 Å². The Balaban J connectivity index is 2.16. The van der Waals surface area contributed by atoms with Crippen LogP contribution < -0.4 is 11.1 Å². The number of carbonyl (C=O) groups is 1. The van der Waals surface area contributed by atoms with E-state index in [4.69, 9.17) is 10.2 Å². The molecular formula is C14H16N2O2. The fraction of sp³-hybridized carbons (Fsp3) is 0.214. The Morgan fingerprint density at radius 1 is 1.33 bits per heavy atom. The number of carbonyl (C=O) groups excluding carboxylic acids is 1. The minimum absolute atomic E-state index is 0.0361. The summed E-state index contributed by atoms with van der Waals surface area (Å²) in [6.07, 6.45) is 1.87. The lowest BCUT2D eigenvalue weighted by Gasteiger charge is -2.15. The summed E-state index contributed by atoms with van der Waals surface area (Å²) in [5.74, 6) is 0.513. The van der Waals surface area contributed by atoms with Gasteiger partial charge < -0.3 is 15.5 Å². The van der Waals surface area contributed by atoms with Crippen LogP contribution in [0.25, 0.3) is 0 Å². The first-order chi connectivity index (χ1) is 8.66. The number of benzene rings is 1. The predicted molar refractivity (Wildman–Crippen MR) is 70.1 cm³/mol. The third-order valence-corrected chi connectivity index (χ3v) is 2.72. The van der Waals surface area contributed by atoms with Gasteiger partial charge in [-0.1, -0.05) is 18.2 Å². The van der Waals surface area contributed by atoms with Crippen LogP contribution in [0.5, 0.6) is 0 Å². The Labute approximate surface area is 106 Å². The number of primary amides is 1. The number of nitrogens with two attached hydrogens (primary N) is 1. The van der Waals surface area contributed by atoms with Crippen molar-refractivity contribution >= 4 is 11.6 Å². The van der Waals surface area contributed by atoms with E-state index in [0.29, 0.717) is 0 Å². The standard InChI is InChI=1S/C14H16N2O2/c1-10(13-7-4-8-18-13)16-12-6-3-2-5-11(12)9-14(15)17/h2-8,10,16H,9H2,1H3,(H2,15,17). The van der Waals surface area contributed by atoms with Crippen molar-refractivity contribution in [2.45, 2.75) is 19.4 Å². The second-order valence-corrected chi connectivity index (χ2v) is 4.18. The van der Waals surface area contributed by atoms with Crippen molar-refractivity contribution in [3.8, 4) is 0 Å². The Morgan fingerprint density at radius 3 is 2.78 bits per heavy atom. The van der Waals surface area contributed by atoms with Crippen LogP contribution in [0, 0.1) is 0 Å². The first-order valence-electron chi connectivity index (χ1n) is 5.83. The SMILES string of the molecule is CC(Nc1ccccc1CC(N)=O)c1ccco1. The molecule has 1 atom stereocenters. The van der Waals surface area contributed by atoms with Crippen LogP contribution in [0.4, 0.5) is 5.69 Å².